The van der Waals surface area contributed by atoms with E-state index in [9.17, 15) is 16.8 Å². The van der Waals surface area contributed by atoms with Crippen LogP contribution in [0.1, 0.15) is 38.5 Å². The van der Waals surface area contributed by atoms with Gasteiger partial charge in [0.25, 0.3) is 0 Å². The van der Waals surface area contributed by atoms with Gasteiger partial charge in [-0.2, -0.15) is 4.31 Å². The molecule has 3 heterocycles. The van der Waals surface area contributed by atoms with Gasteiger partial charge in [0.15, 0.2) is 0 Å². The molecule has 8 nitrogen and oxygen atoms in total. The van der Waals surface area contributed by atoms with Crippen molar-refractivity contribution in [2.75, 3.05) is 25.4 Å². The van der Waals surface area contributed by atoms with E-state index in [4.69, 9.17) is 27.9 Å². The molecule has 1 unspecified atom stereocenters. The van der Waals surface area contributed by atoms with Crippen molar-refractivity contribution in [2.24, 2.45) is 0 Å². The molecule has 0 bridgehead atoms. The van der Waals surface area contributed by atoms with Crippen LogP contribution in [-0.2, 0) is 20.0 Å². The summed E-state index contributed by atoms with van der Waals surface area (Å²) in [6, 6.07) is 7.67. The summed E-state index contributed by atoms with van der Waals surface area (Å²) < 4.78 is 61.1. The van der Waals surface area contributed by atoms with E-state index >= 15 is 0 Å². The van der Waals surface area contributed by atoms with Crippen molar-refractivity contribution in [3.63, 3.8) is 0 Å². The van der Waals surface area contributed by atoms with Gasteiger partial charge in [-0.15, -0.1) is 0 Å². The smallest absolute Gasteiger partial charge is 0.244 e. The summed E-state index contributed by atoms with van der Waals surface area (Å²) in [5, 5.41) is 0.451. The van der Waals surface area contributed by atoms with Crippen LogP contribution >= 0.6 is 23.2 Å². The molecular formula is C23H29Cl2N3O5S2. The fourth-order valence-electron chi connectivity index (χ4n) is 4.69. The van der Waals surface area contributed by atoms with Crippen molar-refractivity contribution < 1.29 is 21.6 Å². The van der Waals surface area contributed by atoms with E-state index in [1.807, 2.05) is 0 Å². The second-order valence-electron chi connectivity index (χ2n) is 8.84. The quantitative estimate of drug-likeness (QED) is 0.455. The summed E-state index contributed by atoms with van der Waals surface area (Å²) in [5.74, 6) is 0.729. The number of pyridine rings is 1. The number of benzene rings is 1. The van der Waals surface area contributed by atoms with Crippen LogP contribution in [0.25, 0.3) is 0 Å². The van der Waals surface area contributed by atoms with Crippen LogP contribution in [0.5, 0.6) is 5.75 Å². The number of piperidine rings is 1. The Labute approximate surface area is 217 Å². The molecular weight excluding hydrogens is 533 g/mol. The lowest BCUT2D eigenvalue weighted by Gasteiger charge is -2.31. The fourth-order valence-corrected chi connectivity index (χ4v) is 8.72. The SMILES string of the molecule is O=S(=O)(CCCC1CCCN1S(=O)(=O)c1ccc(Cl)cc1Cl)N1CCC(Oc2ccncc2)CC1. The van der Waals surface area contributed by atoms with Crippen LogP contribution in [0.4, 0.5) is 0 Å². The van der Waals surface area contributed by atoms with E-state index in [2.05, 4.69) is 4.98 Å². The molecule has 0 N–H and O–H groups in total. The van der Waals surface area contributed by atoms with E-state index in [1.165, 1.54) is 26.8 Å². The zero-order valence-corrected chi connectivity index (χ0v) is 22.4. The van der Waals surface area contributed by atoms with Gasteiger partial charge in [-0.3, -0.25) is 4.98 Å². The Morgan fingerprint density at radius 2 is 1.69 bits per heavy atom. The third-order valence-electron chi connectivity index (χ3n) is 6.49. The van der Waals surface area contributed by atoms with E-state index in [0.29, 0.717) is 56.8 Å². The molecule has 35 heavy (non-hydrogen) atoms. The van der Waals surface area contributed by atoms with E-state index in [1.54, 1.807) is 24.5 Å². The third-order valence-corrected chi connectivity index (χ3v) is 11.1. The first-order valence-electron chi connectivity index (χ1n) is 11.7. The summed E-state index contributed by atoms with van der Waals surface area (Å²) in [5.41, 5.74) is 0. The first-order chi connectivity index (χ1) is 16.7. The Kier molecular flexibility index (Phi) is 8.61. The molecule has 1 atom stereocenters. The molecule has 0 spiro atoms. The Hall–Kier alpha value is -1.43. The molecule has 0 aliphatic carbocycles. The monoisotopic (exact) mass is 561 g/mol. The lowest BCUT2D eigenvalue weighted by atomic mass is 10.1. The maximum absolute atomic E-state index is 13.2. The molecule has 1 aromatic heterocycles. The molecule has 12 heteroatoms. The van der Waals surface area contributed by atoms with Crippen LogP contribution in [0.2, 0.25) is 10.0 Å². The summed E-state index contributed by atoms with van der Waals surface area (Å²) in [6.45, 7) is 1.22. The number of hydrogen-bond acceptors (Lipinski definition) is 6. The number of ether oxygens (including phenoxy) is 1. The summed E-state index contributed by atoms with van der Waals surface area (Å²) >= 11 is 12.1. The number of halogens is 2. The highest BCUT2D eigenvalue weighted by atomic mass is 35.5. The van der Waals surface area contributed by atoms with Crippen LogP contribution in [-0.4, -0.2) is 68.0 Å². The van der Waals surface area contributed by atoms with Gasteiger partial charge >= 0.3 is 0 Å². The Morgan fingerprint density at radius 3 is 2.37 bits per heavy atom. The zero-order chi connectivity index (χ0) is 25.1. The van der Waals surface area contributed by atoms with Crippen molar-refractivity contribution in [3.05, 3.63) is 52.8 Å². The van der Waals surface area contributed by atoms with Crippen molar-refractivity contribution in [1.29, 1.82) is 0 Å². The average molecular weight is 563 g/mol. The molecule has 2 aromatic rings. The minimum Gasteiger partial charge on any atom is -0.490 e. The van der Waals surface area contributed by atoms with E-state index in [0.717, 1.165) is 12.2 Å². The Balaban J connectivity index is 1.29. The molecule has 192 valence electrons. The highest BCUT2D eigenvalue weighted by Gasteiger charge is 2.36. The van der Waals surface area contributed by atoms with Gasteiger partial charge in [0, 0.05) is 43.1 Å². The van der Waals surface area contributed by atoms with Crippen molar-refractivity contribution in [2.45, 2.75) is 55.6 Å². The molecule has 2 aliphatic rings. The number of rotatable bonds is 9. The van der Waals surface area contributed by atoms with Gasteiger partial charge in [0.2, 0.25) is 20.0 Å². The van der Waals surface area contributed by atoms with Crippen LogP contribution < -0.4 is 4.74 Å². The highest BCUT2D eigenvalue weighted by Crippen LogP contribution is 2.33. The summed E-state index contributed by atoms with van der Waals surface area (Å²) in [4.78, 5) is 3.99. The highest BCUT2D eigenvalue weighted by molar-refractivity contribution is 7.89. The first-order valence-corrected chi connectivity index (χ1v) is 15.5. The average Bonchev–Trinajstić information content (AvgIpc) is 3.29. The van der Waals surface area contributed by atoms with Crippen LogP contribution in [0, 0.1) is 0 Å². The summed E-state index contributed by atoms with van der Waals surface area (Å²) in [7, 11) is -7.21. The van der Waals surface area contributed by atoms with Crippen molar-refractivity contribution >= 4 is 43.2 Å². The second-order valence-corrected chi connectivity index (χ2v) is 13.6. The molecule has 0 amide bonds. The number of nitrogens with zero attached hydrogens (tertiary/aromatic N) is 3. The van der Waals surface area contributed by atoms with Crippen molar-refractivity contribution in [1.82, 2.24) is 13.6 Å². The molecule has 0 radical (unpaired) electrons. The lowest BCUT2D eigenvalue weighted by molar-refractivity contribution is 0.135. The van der Waals surface area contributed by atoms with Gasteiger partial charge in [0.1, 0.15) is 16.7 Å². The van der Waals surface area contributed by atoms with Gasteiger partial charge in [0.05, 0.1) is 10.8 Å². The third kappa shape index (κ3) is 6.47. The fraction of sp³-hybridized carbons (Fsp3) is 0.522. The van der Waals surface area contributed by atoms with Crippen molar-refractivity contribution in [3.8, 4) is 5.75 Å². The van der Waals surface area contributed by atoms with Gasteiger partial charge in [-0.1, -0.05) is 23.2 Å². The minimum absolute atomic E-state index is 0.00499. The largest absolute Gasteiger partial charge is 0.490 e. The molecule has 4 rings (SSSR count). The molecule has 1 aromatic carbocycles. The normalized spacial score (nSPS) is 20.8. The van der Waals surface area contributed by atoms with Gasteiger partial charge in [-0.25, -0.2) is 21.1 Å². The second kappa shape index (κ2) is 11.3. The predicted octanol–water partition coefficient (Wildman–Crippen LogP) is 4.19. The maximum atomic E-state index is 13.2. The molecule has 2 fully saturated rings. The lowest BCUT2D eigenvalue weighted by Crippen LogP contribution is -2.43. The molecule has 2 aliphatic heterocycles. The Bertz CT molecular complexity index is 1220. The zero-order valence-electron chi connectivity index (χ0n) is 19.2. The van der Waals surface area contributed by atoms with Gasteiger partial charge < -0.3 is 4.74 Å². The predicted molar refractivity (Wildman–Crippen MR) is 136 cm³/mol. The van der Waals surface area contributed by atoms with Gasteiger partial charge in [-0.05, 0) is 68.9 Å². The maximum Gasteiger partial charge on any atom is 0.244 e. The van der Waals surface area contributed by atoms with E-state index < -0.39 is 20.0 Å². The number of hydrogen-bond donors (Lipinski definition) is 0. The topological polar surface area (TPSA) is 96.9 Å². The Morgan fingerprint density at radius 1 is 0.971 bits per heavy atom. The summed E-state index contributed by atoms with van der Waals surface area (Å²) in [6.07, 6.45) is 6.84. The van der Waals surface area contributed by atoms with E-state index in [-0.39, 0.29) is 27.8 Å². The standard InChI is InChI=1S/C23H29Cl2N3O5S2/c24-18-5-6-23(22(25)17-18)35(31,32)28-13-1-3-19(28)4-2-16-34(29,30)27-14-9-21(10-15-27)33-20-7-11-26-12-8-20/h5-8,11-12,17,19,21H,1-4,9-10,13-16H2. The number of sulfonamides is 2. The minimum atomic E-state index is -3.79. The molecule has 0 saturated carbocycles. The number of aromatic nitrogens is 1. The van der Waals surface area contributed by atoms with Crippen LogP contribution in [0.3, 0.4) is 0 Å². The molecule has 2 saturated heterocycles. The first kappa shape index (κ1) is 26.6. The van der Waals surface area contributed by atoms with Crippen LogP contribution in [0.15, 0.2) is 47.6 Å².